The maximum Gasteiger partial charge on any atom is 0.335 e. The molecule has 0 saturated carbocycles. The van der Waals surface area contributed by atoms with Gasteiger partial charge in [0.05, 0.1) is 47.1 Å². The maximum absolute atomic E-state index is 14.0. The molecule has 0 aliphatic rings. The zero-order valence-electron chi connectivity index (χ0n) is 23.9. The molecule has 0 radical (unpaired) electrons. The molecular formula is C37H28N4O3. The Kier molecular flexibility index (Phi) is 7.73. The molecule has 6 aromatic rings. The van der Waals surface area contributed by atoms with Crippen molar-refractivity contribution in [2.45, 2.75) is 19.5 Å². The SMILES string of the molecule is C[C@H](NC(=O)c1cc(-c2ccc(C#N)cc2)cc2cnn(Cc3cccc(-c4ccccc4)c3)c12)c1ccc(C(=O)O)cc1. The molecular weight excluding hydrogens is 548 g/mol. The highest BCUT2D eigenvalue weighted by atomic mass is 16.4. The second kappa shape index (κ2) is 12.1. The number of amides is 1. The minimum absolute atomic E-state index is 0.185. The van der Waals surface area contributed by atoms with E-state index in [0.717, 1.165) is 38.8 Å². The van der Waals surface area contributed by atoms with Crippen molar-refractivity contribution in [1.29, 1.82) is 5.26 Å². The van der Waals surface area contributed by atoms with E-state index in [0.29, 0.717) is 23.2 Å². The average Bonchev–Trinajstić information content (AvgIpc) is 3.47. The first-order chi connectivity index (χ1) is 21.4. The van der Waals surface area contributed by atoms with Crippen molar-refractivity contribution in [3.63, 3.8) is 0 Å². The van der Waals surface area contributed by atoms with Crippen molar-refractivity contribution in [2.75, 3.05) is 0 Å². The van der Waals surface area contributed by atoms with E-state index < -0.39 is 5.97 Å². The Morgan fingerprint density at radius 1 is 0.841 bits per heavy atom. The fourth-order valence-electron chi connectivity index (χ4n) is 5.35. The molecule has 6 rings (SSSR count). The van der Waals surface area contributed by atoms with E-state index in [9.17, 15) is 20.0 Å². The topological polar surface area (TPSA) is 108 Å². The van der Waals surface area contributed by atoms with Crippen molar-refractivity contribution >= 4 is 22.8 Å². The number of aromatic carboxylic acids is 1. The van der Waals surface area contributed by atoms with E-state index in [-0.39, 0.29) is 17.5 Å². The molecule has 7 nitrogen and oxygen atoms in total. The normalized spacial score (nSPS) is 11.5. The molecule has 0 unspecified atom stereocenters. The van der Waals surface area contributed by atoms with Crippen LogP contribution in [-0.2, 0) is 6.54 Å². The number of hydrogen-bond donors (Lipinski definition) is 2. The Labute approximate surface area is 254 Å². The smallest absolute Gasteiger partial charge is 0.335 e. The molecule has 0 spiro atoms. The van der Waals surface area contributed by atoms with Crippen molar-refractivity contribution in [3.05, 3.63) is 149 Å². The highest BCUT2D eigenvalue weighted by Crippen LogP contribution is 2.30. The fraction of sp³-hybridized carbons (Fsp3) is 0.0811. The lowest BCUT2D eigenvalue weighted by Crippen LogP contribution is -2.27. The highest BCUT2D eigenvalue weighted by molar-refractivity contribution is 6.07. The third-order valence-electron chi connectivity index (χ3n) is 7.70. The van der Waals surface area contributed by atoms with Gasteiger partial charge in [-0.1, -0.05) is 72.8 Å². The van der Waals surface area contributed by atoms with Gasteiger partial charge in [-0.15, -0.1) is 0 Å². The summed E-state index contributed by atoms with van der Waals surface area (Å²) in [4.78, 5) is 25.2. The number of aromatic nitrogens is 2. The molecule has 0 aliphatic carbocycles. The first kappa shape index (κ1) is 28.1. The third kappa shape index (κ3) is 5.83. The molecule has 0 saturated heterocycles. The molecule has 1 heterocycles. The number of nitriles is 1. The molecule has 1 atom stereocenters. The third-order valence-corrected chi connectivity index (χ3v) is 7.70. The molecule has 214 valence electrons. The summed E-state index contributed by atoms with van der Waals surface area (Å²) in [6.45, 7) is 2.33. The van der Waals surface area contributed by atoms with Crippen LogP contribution in [0.5, 0.6) is 0 Å². The first-order valence-electron chi connectivity index (χ1n) is 14.2. The van der Waals surface area contributed by atoms with Crippen molar-refractivity contribution in [1.82, 2.24) is 15.1 Å². The number of benzene rings is 5. The average molecular weight is 577 g/mol. The summed E-state index contributed by atoms with van der Waals surface area (Å²) in [5.74, 6) is -1.28. The van der Waals surface area contributed by atoms with Crippen LogP contribution in [0.1, 0.15) is 50.4 Å². The minimum Gasteiger partial charge on any atom is -0.478 e. The summed E-state index contributed by atoms with van der Waals surface area (Å²) in [6, 6.07) is 37.8. The van der Waals surface area contributed by atoms with Gasteiger partial charge in [0.25, 0.3) is 5.91 Å². The van der Waals surface area contributed by atoms with Gasteiger partial charge in [-0.2, -0.15) is 10.4 Å². The van der Waals surface area contributed by atoms with Gasteiger partial charge in [-0.3, -0.25) is 9.48 Å². The molecule has 1 aromatic heterocycles. The van der Waals surface area contributed by atoms with Gasteiger partial charge in [0, 0.05) is 5.39 Å². The van der Waals surface area contributed by atoms with Gasteiger partial charge in [0.1, 0.15) is 0 Å². The van der Waals surface area contributed by atoms with Gasteiger partial charge in [-0.05, 0) is 82.8 Å². The number of rotatable bonds is 8. The Morgan fingerprint density at radius 2 is 1.55 bits per heavy atom. The summed E-state index contributed by atoms with van der Waals surface area (Å²) in [6.07, 6.45) is 1.77. The monoisotopic (exact) mass is 576 g/mol. The number of carboxylic acid groups (broad SMARTS) is 1. The van der Waals surface area contributed by atoms with Crippen LogP contribution in [0.25, 0.3) is 33.2 Å². The van der Waals surface area contributed by atoms with E-state index in [1.54, 1.807) is 30.5 Å². The molecule has 5 aromatic carbocycles. The van der Waals surface area contributed by atoms with E-state index >= 15 is 0 Å². The molecule has 1 amide bonds. The lowest BCUT2D eigenvalue weighted by molar-refractivity contribution is 0.0696. The van der Waals surface area contributed by atoms with Crippen LogP contribution in [-0.4, -0.2) is 26.8 Å². The summed E-state index contributed by atoms with van der Waals surface area (Å²) in [7, 11) is 0. The van der Waals surface area contributed by atoms with Crippen molar-refractivity contribution in [2.24, 2.45) is 0 Å². The lowest BCUT2D eigenvalue weighted by atomic mass is 9.98. The first-order valence-corrected chi connectivity index (χ1v) is 14.2. The maximum atomic E-state index is 14.0. The number of carbonyl (C=O) groups excluding carboxylic acids is 1. The Morgan fingerprint density at radius 3 is 2.25 bits per heavy atom. The van der Waals surface area contributed by atoms with E-state index in [1.165, 1.54) is 12.1 Å². The number of fused-ring (bicyclic) bond motifs is 1. The minimum atomic E-state index is -1.00. The fourth-order valence-corrected chi connectivity index (χ4v) is 5.35. The second-order valence-electron chi connectivity index (χ2n) is 10.6. The summed E-state index contributed by atoms with van der Waals surface area (Å²) in [5.41, 5.74) is 7.67. The van der Waals surface area contributed by atoms with Crippen LogP contribution < -0.4 is 5.32 Å². The highest BCUT2D eigenvalue weighted by Gasteiger charge is 2.20. The van der Waals surface area contributed by atoms with Crippen LogP contribution in [0, 0.1) is 11.3 Å². The Hall–Kier alpha value is -6.00. The van der Waals surface area contributed by atoms with Gasteiger partial charge in [0.15, 0.2) is 0 Å². The molecule has 44 heavy (non-hydrogen) atoms. The zero-order chi connectivity index (χ0) is 30.6. The van der Waals surface area contributed by atoms with E-state index in [2.05, 4.69) is 35.7 Å². The Balaban J connectivity index is 1.38. The standard InChI is InChI=1S/C37H28N4O3/c1-24(27-14-16-30(17-15-27)37(43)44)40-36(42)34-20-32(29-12-10-25(21-38)11-13-29)19-33-22-39-41(35(33)34)23-26-6-5-9-31(18-26)28-7-3-2-4-8-28/h2-20,22,24H,23H2,1H3,(H,40,42)(H,43,44)/t24-/m0/s1. The molecule has 0 aliphatic heterocycles. The number of nitrogens with zero attached hydrogens (tertiary/aromatic N) is 3. The Bertz CT molecular complexity index is 2020. The van der Waals surface area contributed by atoms with Crippen LogP contribution in [0.3, 0.4) is 0 Å². The second-order valence-corrected chi connectivity index (χ2v) is 10.6. The summed E-state index contributed by atoms with van der Waals surface area (Å²) < 4.78 is 1.85. The largest absolute Gasteiger partial charge is 0.478 e. The molecule has 0 fully saturated rings. The van der Waals surface area contributed by atoms with Crippen molar-refractivity contribution in [3.8, 4) is 28.3 Å². The van der Waals surface area contributed by atoms with E-state index in [4.69, 9.17) is 5.10 Å². The van der Waals surface area contributed by atoms with Gasteiger partial charge < -0.3 is 10.4 Å². The quantitative estimate of drug-likeness (QED) is 0.195. The van der Waals surface area contributed by atoms with Crippen LogP contribution in [0.15, 0.2) is 121 Å². The predicted octanol–water partition coefficient (Wildman–Crippen LogP) is 7.48. The number of carbonyl (C=O) groups is 2. The van der Waals surface area contributed by atoms with Crippen LogP contribution in [0.4, 0.5) is 0 Å². The van der Waals surface area contributed by atoms with Crippen LogP contribution >= 0.6 is 0 Å². The molecule has 7 heteroatoms. The summed E-state index contributed by atoms with van der Waals surface area (Å²) in [5, 5.41) is 27.1. The molecule has 0 bridgehead atoms. The number of carboxylic acids is 1. The number of hydrogen-bond acceptors (Lipinski definition) is 4. The van der Waals surface area contributed by atoms with Gasteiger partial charge >= 0.3 is 5.97 Å². The summed E-state index contributed by atoms with van der Waals surface area (Å²) >= 11 is 0. The van der Waals surface area contributed by atoms with Gasteiger partial charge in [-0.25, -0.2) is 4.79 Å². The lowest BCUT2D eigenvalue weighted by Gasteiger charge is -2.17. The van der Waals surface area contributed by atoms with Gasteiger partial charge in [0.2, 0.25) is 0 Å². The zero-order valence-corrected chi connectivity index (χ0v) is 23.9. The molecule has 2 N–H and O–H groups in total. The number of nitrogens with one attached hydrogen (secondary N) is 1. The predicted molar refractivity (Wildman–Crippen MR) is 170 cm³/mol. The van der Waals surface area contributed by atoms with Crippen LogP contribution in [0.2, 0.25) is 0 Å². The van der Waals surface area contributed by atoms with E-state index in [1.807, 2.05) is 66.2 Å². The van der Waals surface area contributed by atoms with Crippen molar-refractivity contribution < 1.29 is 14.7 Å².